The van der Waals surface area contributed by atoms with E-state index in [1.165, 1.54) is 16.7 Å². The molecule has 0 N–H and O–H groups in total. The van der Waals surface area contributed by atoms with Crippen molar-refractivity contribution in [2.24, 2.45) is 0 Å². The highest BCUT2D eigenvalue weighted by Crippen LogP contribution is 2.33. The van der Waals surface area contributed by atoms with Gasteiger partial charge >= 0.3 is 6.18 Å². The van der Waals surface area contributed by atoms with Gasteiger partial charge in [0.15, 0.2) is 0 Å². The van der Waals surface area contributed by atoms with Crippen molar-refractivity contribution in [3.8, 4) is 16.9 Å². The van der Waals surface area contributed by atoms with E-state index >= 15 is 0 Å². The fraction of sp³-hybridized carbons (Fsp3) is 0.0909. The second-order valence-corrected chi connectivity index (χ2v) is 3.71. The van der Waals surface area contributed by atoms with E-state index in [-0.39, 0.29) is 5.56 Å². The molecule has 1 aromatic rings. The van der Waals surface area contributed by atoms with Crippen LogP contribution in [0, 0.1) is 0 Å². The molecule has 0 spiro atoms. The summed E-state index contributed by atoms with van der Waals surface area (Å²) in [6, 6.07) is 3.59. The molecule has 0 bridgehead atoms. The van der Waals surface area contributed by atoms with Gasteiger partial charge in [0.2, 0.25) is 0 Å². The predicted molar refractivity (Wildman–Crippen MR) is 53.8 cm³/mol. The first-order chi connectivity index (χ1) is 7.97. The Morgan fingerprint density at radius 1 is 1.24 bits per heavy atom. The molecule has 0 saturated carbocycles. The van der Waals surface area contributed by atoms with E-state index in [1.807, 2.05) is 0 Å². The predicted octanol–water partition coefficient (Wildman–Crippen LogP) is 2.23. The molecule has 0 aliphatic carbocycles. The minimum Gasteiger partial charge on any atom is -0.280 e. The number of alkyl halides is 3. The van der Waals surface area contributed by atoms with Crippen LogP contribution in [-0.2, 0) is 6.18 Å². The maximum absolute atomic E-state index is 12.3. The summed E-state index contributed by atoms with van der Waals surface area (Å²) in [5.74, 6) is 0. The molecular formula is C11H5F3N2O. The van der Waals surface area contributed by atoms with Crippen LogP contribution in [0.5, 0.6) is 0 Å². The van der Waals surface area contributed by atoms with Crippen LogP contribution in [0.15, 0.2) is 35.4 Å². The Bertz CT molecular complexity index is 656. The maximum Gasteiger partial charge on any atom is 0.417 e. The van der Waals surface area contributed by atoms with Crippen LogP contribution < -0.4 is 5.56 Å². The third-order valence-corrected chi connectivity index (χ3v) is 2.59. The van der Waals surface area contributed by atoms with Crippen LogP contribution in [0.4, 0.5) is 13.2 Å². The maximum atomic E-state index is 12.3. The molecule has 0 amide bonds. The molecule has 6 heteroatoms. The zero-order chi connectivity index (χ0) is 12.2. The molecule has 0 radical (unpaired) electrons. The standard InChI is InChI=1S/C11H5F3N2O/c12-11(13,14)6-1-2-8(15-4-6)7-3-10(17)16-5-9(7)16/h1-5H. The summed E-state index contributed by atoms with van der Waals surface area (Å²) in [6.07, 6.45) is -2.00. The summed E-state index contributed by atoms with van der Waals surface area (Å²) >= 11 is 0. The van der Waals surface area contributed by atoms with Gasteiger partial charge in [-0.3, -0.25) is 14.3 Å². The van der Waals surface area contributed by atoms with Crippen molar-refractivity contribution < 1.29 is 13.2 Å². The first-order valence-electron chi connectivity index (χ1n) is 4.77. The van der Waals surface area contributed by atoms with Crippen molar-refractivity contribution in [3.63, 3.8) is 0 Å². The monoisotopic (exact) mass is 238 g/mol. The highest BCUT2D eigenvalue weighted by Gasteiger charge is 2.31. The number of fused-ring (bicyclic) bond motifs is 1. The van der Waals surface area contributed by atoms with Gasteiger partial charge in [0.25, 0.3) is 5.56 Å². The Labute approximate surface area is 93.2 Å². The lowest BCUT2D eigenvalue weighted by molar-refractivity contribution is -0.137. The lowest BCUT2D eigenvalue weighted by atomic mass is 10.1. The van der Waals surface area contributed by atoms with Crippen LogP contribution in [0.2, 0.25) is 0 Å². The average molecular weight is 238 g/mol. The molecule has 3 heterocycles. The van der Waals surface area contributed by atoms with Gasteiger partial charge in [0, 0.05) is 24.0 Å². The van der Waals surface area contributed by atoms with E-state index in [4.69, 9.17) is 0 Å². The zero-order valence-electron chi connectivity index (χ0n) is 8.32. The van der Waals surface area contributed by atoms with Gasteiger partial charge in [-0.25, -0.2) is 0 Å². The summed E-state index contributed by atoms with van der Waals surface area (Å²) < 4.78 is 38.4. The lowest BCUT2D eigenvalue weighted by Gasteiger charge is -2.05. The summed E-state index contributed by atoms with van der Waals surface area (Å²) in [5, 5.41) is 0. The highest BCUT2D eigenvalue weighted by atomic mass is 19.4. The zero-order valence-corrected chi connectivity index (χ0v) is 8.32. The van der Waals surface area contributed by atoms with Crippen LogP contribution in [0.25, 0.3) is 16.9 Å². The van der Waals surface area contributed by atoms with Crippen LogP contribution in [0.1, 0.15) is 5.56 Å². The molecular weight excluding hydrogens is 233 g/mol. The molecule has 0 fully saturated rings. The second-order valence-electron chi connectivity index (χ2n) is 3.71. The van der Waals surface area contributed by atoms with Gasteiger partial charge in [0.1, 0.15) is 0 Å². The van der Waals surface area contributed by atoms with Gasteiger partial charge in [0.05, 0.1) is 16.9 Å². The first kappa shape index (κ1) is 10.1. The largest absolute Gasteiger partial charge is 0.417 e. The number of hydrogen-bond donors (Lipinski definition) is 0. The van der Waals surface area contributed by atoms with E-state index in [2.05, 4.69) is 4.98 Å². The topological polar surface area (TPSA) is 34.9 Å². The smallest absolute Gasteiger partial charge is 0.280 e. The molecule has 86 valence electrons. The van der Waals surface area contributed by atoms with Crippen molar-refractivity contribution in [1.29, 1.82) is 0 Å². The van der Waals surface area contributed by atoms with E-state index in [0.717, 1.165) is 12.3 Å². The van der Waals surface area contributed by atoms with Gasteiger partial charge in [-0.05, 0) is 12.1 Å². The number of nitrogens with zero attached hydrogens (tertiary/aromatic N) is 2. The highest BCUT2D eigenvalue weighted by molar-refractivity contribution is 5.75. The summed E-state index contributed by atoms with van der Waals surface area (Å²) in [4.78, 5) is 14.9. The summed E-state index contributed by atoms with van der Waals surface area (Å²) in [7, 11) is 0. The molecule has 3 nitrogen and oxygen atoms in total. The lowest BCUT2D eigenvalue weighted by Crippen LogP contribution is -2.05. The van der Waals surface area contributed by atoms with Crippen molar-refractivity contribution in [2.75, 3.05) is 0 Å². The number of halogens is 3. The van der Waals surface area contributed by atoms with Gasteiger partial charge in [-0.15, -0.1) is 0 Å². The van der Waals surface area contributed by atoms with Crippen molar-refractivity contribution in [1.82, 2.24) is 9.55 Å². The van der Waals surface area contributed by atoms with Crippen molar-refractivity contribution >= 4 is 0 Å². The van der Waals surface area contributed by atoms with E-state index in [0.29, 0.717) is 16.9 Å². The van der Waals surface area contributed by atoms with Crippen molar-refractivity contribution in [2.45, 2.75) is 6.18 Å². The van der Waals surface area contributed by atoms with Gasteiger partial charge in [-0.1, -0.05) is 0 Å². The quantitative estimate of drug-likeness (QED) is 0.651. The molecule has 0 aromatic carbocycles. The number of hydrogen-bond acceptors (Lipinski definition) is 2. The Kier molecular flexibility index (Phi) is 1.76. The average Bonchev–Trinajstić information content (AvgIpc) is 2.99. The van der Waals surface area contributed by atoms with Gasteiger partial charge in [-0.2, -0.15) is 13.2 Å². The fourth-order valence-corrected chi connectivity index (χ4v) is 1.67. The van der Waals surface area contributed by atoms with E-state index in [9.17, 15) is 18.0 Å². The SMILES string of the molecule is O=c1cc(-c2ccc(C(F)(F)F)cn2)c2cn1-2. The third kappa shape index (κ3) is 1.52. The second kappa shape index (κ2) is 2.97. The van der Waals surface area contributed by atoms with Crippen LogP contribution in [-0.4, -0.2) is 9.55 Å². The molecule has 3 rings (SSSR count). The van der Waals surface area contributed by atoms with Crippen LogP contribution >= 0.6 is 0 Å². The summed E-state index contributed by atoms with van der Waals surface area (Å²) in [5.41, 5.74) is 0.674. The van der Waals surface area contributed by atoms with Crippen molar-refractivity contribution in [3.05, 3.63) is 46.5 Å². The molecule has 0 saturated heterocycles. The molecule has 2 aliphatic rings. The third-order valence-electron chi connectivity index (χ3n) is 2.59. The molecule has 2 aliphatic heterocycles. The molecule has 0 atom stereocenters. The minimum absolute atomic E-state index is 0.184. The molecule has 17 heavy (non-hydrogen) atoms. The number of pyridine rings is 2. The number of aromatic nitrogens is 2. The Morgan fingerprint density at radius 2 is 2.00 bits per heavy atom. The molecule has 1 aromatic heterocycles. The normalized spacial score (nSPS) is 12.6. The molecule has 0 unspecified atom stereocenters. The Hall–Kier alpha value is -2.11. The minimum atomic E-state index is -4.39. The van der Waals surface area contributed by atoms with E-state index in [1.54, 1.807) is 6.20 Å². The fourth-order valence-electron chi connectivity index (χ4n) is 1.67. The summed E-state index contributed by atoms with van der Waals surface area (Å²) in [6.45, 7) is 0. The number of rotatable bonds is 1. The van der Waals surface area contributed by atoms with E-state index < -0.39 is 11.7 Å². The first-order valence-corrected chi connectivity index (χ1v) is 4.77. The Morgan fingerprint density at radius 3 is 2.41 bits per heavy atom. The van der Waals surface area contributed by atoms with Crippen LogP contribution in [0.3, 0.4) is 0 Å². The Balaban J connectivity index is 2.01. The van der Waals surface area contributed by atoms with Gasteiger partial charge < -0.3 is 0 Å².